The van der Waals surface area contributed by atoms with Gasteiger partial charge in [-0.2, -0.15) is 0 Å². The van der Waals surface area contributed by atoms with E-state index in [-0.39, 0.29) is 12.2 Å². The van der Waals surface area contributed by atoms with Gasteiger partial charge in [0, 0.05) is 12.3 Å². The van der Waals surface area contributed by atoms with E-state index in [9.17, 15) is 5.11 Å². The van der Waals surface area contributed by atoms with Crippen molar-refractivity contribution in [1.29, 1.82) is 0 Å². The third kappa shape index (κ3) is 1.97. The number of hydrogen-bond acceptors (Lipinski definition) is 2. The Balaban J connectivity index is 1.79. The Bertz CT molecular complexity index is 284. The largest absolute Gasteiger partial charge is 0.393 e. The molecular formula is C12H16O2. The summed E-state index contributed by atoms with van der Waals surface area (Å²) < 4.78 is 5.69. The molecule has 14 heavy (non-hydrogen) atoms. The molecule has 76 valence electrons. The molecule has 0 spiro atoms. The molecule has 1 aromatic rings. The van der Waals surface area contributed by atoms with Crippen LogP contribution in [0.15, 0.2) is 30.3 Å². The van der Waals surface area contributed by atoms with Gasteiger partial charge in [0.15, 0.2) is 0 Å². The van der Waals surface area contributed by atoms with Crippen LogP contribution in [0.5, 0.6) is 0 Å². The first kappa shape index (κ1) is 9.69. The van der Waals surface area contributed by atoms with Crippen molar-refractivity contribution in [3.05, 3.63) is 35.9 Å². The molecule has 2 nitrogen and oxygen atoms in total. The maximum atomic E-state index is 9.30. The van der Waals surface area contributed by atoms with Crippen molar-refractivity contribution in [1.82, 2.24) is 0 Å². The van der Waals surface area contributed by atoms with Crippen molar-refractivity contribution in [2.75, 3.05) is 0 Å². The first-order valence-corrected chi connectivity index (χ1v) is 5.11. The first-order valence-electron chi connectivity index (χ1n) is 5.11. The van der Waals surface area contributed by atoms with Gasteiger partial charge in [0.1, 0.15) is 0 Å². The number of aliphatic hydroxyl groups excluding tert-OH is 1. The Kier molecular flexibility index (Phi) is 2.85. The van der Waals surface area contributed by atoms with E-state index in [1.54, 1.807) is 0 Å². The van der Waals surface area contributed by atoms with Gasteiger partial charge in [0.2, 0.25) is 0 Å². The molecule has 1 aromatic carbocycles. The zero-order chi connectivity index (χ0) is 9.97. The van der Waals surface area contributed by atoms with Crippen molar-refractivity contribution in [3.63, 3.8) is 0 Å². The van der Waals surface area contributed by atoms with E-state index in [0.29, 0.717) is 12.5 Å². The third-order valence-corrected chi connectivity index (χ3v) is 2.97. The second kappa shape index (κ2) is 4.11. The minimum Gasteiger partial charge on any atom is -0.393 e. The molecule has 0 amide bonds. The van der Waals surface area contributed by atoms with E-state index < -0.39 is 0 Å². The van der Waals surface area contributed by atoms with Crippen LogP contribution in [-0.4, -0.2) is 17.3 Å². The van der Waals surface area contributed by atoms with Crippen molar-refractivity contribution in [2.24, 2.45) is 5.92 Å². The molecule has 1 aliphatic rings. The SMILES string of the molecule is CC1C(O)CC1OCc1ccccc1. The number of ether oxygens (including phenoxy) is 1. The van der Waals surface area contributed by atoms with E-state index in [0.717, 1.165) is 6.42 Å². The van der Waals surface area contributed by atoms with E-state index in [2.05, 4.69) is 12.1 Å². The molecule has 3 unspecified atom stereocenters. The lowest BCUT2D eigenvalue weighted by atomic mass is 9.80. The first-order chi connectivity index (χ1) is 6.77. The van der Waals surface area contributed by atoms with Gasteiger partial charge < -0.3 is 9.84 Å². The van der Waals surface area contributed by atoms with Gasteiger partial charge in [-0.25, -0.2) is 0 Å². The fraction of sp³-hybridized carbons (Fsp3) is 0.500. The zero-order valence-electron chi connectivity index (χ0n) is 8.39. The molecule has 1 fully saturated rings. The fourth-order valence-electron chi connectivity index (χ4n) is 1.72. The second-order valence-corrected chi connectivity index (χ2v) is 4.00. The maximum Gasteiger partial charge on any atom is 0.0720 e. The summed E-state index contributed by atoms with van der Waals surface area (Å²) in [5, 5.41) is 9.30. The van der Waals surface area contributed by atoms with Gasteiger partial charge in [-0.15, -0.1) is 0 Å². The van der Waals surface area contributed by atoms with E-state index >= 15 is 0 Å². The van der Waals surface area contributed by atoms with Crippen molar-refractivity contribution in [2.45, 2.75) is 32.2 Å². The van der Waals surface area contributed by atoms with Crippen LogP contribution >= 0.6 is 0 Å². The molecule has 0 aromatic heterocycles. The highest BCUT2D eigenvalue weighted by Crippen LogP contribution is 2.30. The second-order valence-electron chi connectivity index (χ2n) is 4.00. The number of aliphatic hydroxyl groups is 1. The Hall–Kier alpha value is -0.860. The van der Waals surface area contributed by atoms with Gasteiger partial charge in [-0.05, 0) is 5.56 Å². The summed E-state index contributed by atoms with van der Waals surface area (Å²) >= 11 is 0. The smallest absolute Gasteiger partial charge is 0.0720 e. The molecule has 0 heterocycles. The average Bonchev–Trinajstić information content (AvgIpc) is 2.25. The molecular weight excluding hydrogens is 176 g/mol. The Labute approximate surface area is 84.5 Å². The summed E-state index contributed by atoms with van der Waals surface area (Å²) in [5.41, 5.74) is 1.20. The molecule has 0 saturated heterocycles. The summed E-state index contributed by atoms with van der Waals surface area (Å²) in [6.07, 6.45) is 0.870. The van der Waals surface area contributed by atoms with Gasteiger partial charge in [-0.1, -0.05) is 37.3 Å². The summed E-state index contributed by atoms with van der Waals surface area (Å²) in [5.74, 6) is 0.290. The van der Waals surface area contributed by atoms with Crippen molar-refractivity contribution < 1.29 is 9.84 Å². The van der Waals surface area contributed by atoms with Crippen molar-refractivity contribution >= 4 is 0 Å². The molecule has 2 rings (SSSR count). The standard InChI is InChI=1S/C12H16O2/c1-9-11(13)7-12(9)14-8-10-5-3-2-4-6-10/h2-6,9,11-13H,7-8H2,1H3. The molecule has 3 atom stereocenters. The van der Waals surface area contributed by atoms with Crippen LogP contribution in [0.1, 0.15) is 18.9 Å². The van der Waals surface area contributed by atoms with Crippen LogP contribution < -0.4 is 0 Å². The quantitative estimate of drug-likeness (QED) is 0.793. The number of benzene rings is 1. The Morgan fingerprint density at radius 3 is 2.64 bits per heavy atom. The van der Waals surface area contributed by atoms with E-state index in [1.807, 2.05) is 25.1 Å². The molecule has 1 aliphatic carbocycles. The van der Waals surface area contributed by atoms with Crippen molar-refractivity contribution in [3.8, 4) is 0 Å². The fourth-order valence-corrected chi connectivity index (χ4v) is 1.72. The summed E-state index contributed by atoms with van der Waals surface area (Å²) in [6, 6.07) is 10.1. The lowest BCUT2D eigenvalue weighted by Crippen LogP contribution is -2.45. The monoisotopic (exact) mass is 192 g/mol. The van der Waals surface area contributed by atoms with Crippen LogP contribution in [-0.2, 0) is 11.3 Å². The summed E-state index contributed by atoms with van der Waals surface area (Å²) in [4.78, 5) is 0. The molecule has 2 heteroatoms. The van der Waals surface area contributed by atoms with E-state index in [4.69, 9.17) is 4.74 Å². The molecule has 0 aliphatic heterocycles. The van der Waals surface area contributed by atoms with Gasteiger partial charge in [0.25, 0.3) is 0 Å². The summed E-state index contributed by atoms with van der Waals surface area (Å²) in [7, 11) is 0. The van der Waals surface area contributed by atoms with Crippen LogP contribution in [0.25, 0.3) is 0 Å². The third-order valence-electron chi connectivity index (χ3n) is 2.97. The highest BCUT2D eigenvalue weighted by molar-refractivity contribution is 5.13. The predicted molar refractivity (Wildman–Crippen MR) is 54.8 cm³/mol. The van der Waals surface area contributed by atoms with Crippen LogP contribution in [0.3, 0.4) is 0 Å². The van der Waals surface area contributed by atoms with Gasteiger partial charge in [-0.3, -0.25) is 0 Å². The normalized spacial score (nSPS) is 31.1. The van der Waals surface area contributed by atoms with Gasteiger partial charge >= 0.3 is 0 Å². The highest BCUT2D eigenvalue weighted by Gasteiger charge is 2.36. The van der Waals surface area contributed by atoms with Crippen LogP contribution in [0.2, 0.25) is 0 Å². The number of rotatable bonds is 3. The van der Waals surface area contributed by atoms with Crippen LogP contribution in [0, 0.1) is 5.92 Å². The molecule has 0 bridgehead atoms. The number of hydrogen-bond donors (Lipinski definition) is 1. The van der Waals surface area contributed by atoms with Gasteiger partial charge in [0.05, 0.1) is 18.8 Å². The minimum atomic E-state index is -0.157. The maximum absolute atomic E-state index is 9.30. The molecule has 0 radical (unpaired) electrons. The average molecular weight is 192 g/mol. The predicted octanol–water partition coefficient (Wildman–Crippen LogP) is 1.97. The Morgan fingerprint density at radius 2 is 2.07 bits per heavy atom. The minimum absolute atomic E-state index is 0.157. The summed E-state index contributed by atoms with van der Waals surface area (Å²) in [6.45, 7) is 2.69. The Morgan fingerprint density at radius 1 is 1.36 bits per heavy atom. The molecule has 1 saturated carbocycles. The topological polar surface area (TPSA) is 29.5 Å². The molecule has 1 N–H and O–H groups in total. The highest BCUT2D eigenvalue weighted by atomic mass is 16.5. The lowest BCUT2D eigenvalue weighted by Gasteiger charge is -2.38. The van der Waals surface area contributed by atoms with Crippen LogP contribution in [0.4, 0.5) is 0 Å². The van der Waals surface area contributed by atoms with E-state index in [1.165, 1.54) is 5.56 Å². The lowest BCUT2D eigenvalue weighted by molar-refractivity contribution is -0.125. The zero-order valence-corrected chi connectivity index (χ0v) is 8.39.